The first-order chi connectivity index (χ1) is 15.7. The number of ether oxygens (including phenoxy) is 3. The van der Waals surface area contributed by atoms with Crippen molar-refractivity contribution in [3.8, 4) is 11.5 Å². The van der Waals surface area contributed by atoms with Crippen LogP contribution in [0.1, 0.15) is 70.3 Å². The molecule has 1 spiro atoms. The summed E-state index contributed by atoms with van der Waals surface area (Å²) in [4.78, 5) is 16.9. The van der Waals surface area contributed by atoms with Gasteiger partial charge in [-0.2, -0.15) is 0 Å². The monoisotopic (exact) mass is 433 g/mol. The fourth-order valence-corrected chi connectivity index (χ4v) is 5.23. The van der Waals surface area contributed by atoms with E-state index in [1.807, 2.05) is 24.4 Å². The number of hydrogen-bond donors (Lipinski definition) is 0. The van der Waals surface area contributed by atoms with Gasteiger partial charge < -0.3 is 14.2 Å². The predicted octanol–water partition coefficient (Wildman–Crippen LogP) is 6.79. The SMILES string of the molecule is CCCCCCCCCCOC(=O)Oc1cccc2c1OC1=CC=CC3=CN=C4CC4C312. The van der Waals surface area contributed by atoms with Gasteiger partial charge in [0.15, 0.2) is 11.5 Å². The lowest BCUT2D eigenvalue weighted by atomic mass is 9.67. The van der Waals surface area contributed by atoms with Gasteiger partial charge in [-0.3, -0.25) is 4.99 Å². The lowest BCUT2D eigenvalue weighted by Gasteiger charge is -2.33. The number of para-hydroxylation sites is 1. The van der Waals surface area contributed by atoms with E-state index in [4.69, 9.17) is 14.2 Å². The van der Waals surface area contributed by atoms with Crippen molar-refractivity contribution in [3.63, 3.8) is 0 Å². The maximum absolute atomic E-state index is 12.3. The summed E-state index contributed by atoms with van der Waals surface area (Å²) in [5, 5.41) is 0. The average molecular weight is 434 g/mol. The Kier molecular flexibility index (Phi) is 5.90. The minimum atomic E-state index is -0.669. The number of unbranched alkanes of at least 4 members (excludes halogenated alkanes) is 7. The zero-order valence-corrected chi connectivity index (χ0v) is 18.8. The first-order valence-electron chi connectivity index (χ1n) is 12.1. The van der Waals surface area contributed by atoms with Crippen molar-refractivity contribution in [1.29, 1.82) is 0 Å². The molecule has 2 aliphatic heterocycles. The van der Waals surface area contributed by atoms with Gasteiger partial charge in [0.05, 0.1) is 12.0 Å². The molecule has 0 saturated heterocycles. The minimum Gasteiger partial charge on any atom is -0.456 e. The zero-order valence-electron chi connectivity index (χ0n) is 18.8. The summed E-state index contributed by atoms with van der Waals surface area (Å²) in [7, 11) is 0. The molecule has 5 rings (SSSR count). The number of hydrogen-bond acceptors (Lipinski definition) is 5. The van der Waals surface area contributed by atoms with E-state index < -0.39 is 6.16 Å². The maximum Gasteiger partial charge on any atom is 0.513 e. The Balaban J connectivity index is 1.18. The molecule has 0 aromatic heterocycles. The highest BCUT2D eigenvalue weighted by atomic mass is 16.7. The molecule has 0 N–H and O–H groups in total. The summed E-state index contributed by atoms with van der Waals surface area (Å²) in [6.45, 7) is 2.62. The quantitative estimate of drug-likeness (QED) is 0.232. The van der Waals surface area contributed by atoms with E-state index in [0.717, 1.165) is 36.2 Å². The van der Waals surface area contributed by atoms with Crippen molar-refractivity contribution >= 4 is 11.9 Å². The number of rotatable bonds is 10. The lowest BCUT2D eigenvalue weighted by Crippen LogP contribution is -2.34. The summed E-state index contributed by atoms with van der Waals surface area (Å²) in [6.07, 6.45) is 18.0. The fraction of sp³-hybridized carbons (Fsp3) is 0.481. The predicted molar refractivity (Wildman–Crippen MR) is 124 cm³/mol. The van der Waals surface area contributed by atoms with Crippen LogP contribution in [0.3, 0.4) is 0 Å². The van der Waals surface area contributed by atoms with Gasteiger partial charge in [-0.25, -0.2) is 4.79 Å². The van der Waals surface area contributed by atoms with Crippen molar-refractivity contribution in [2.75, 3.05) is 6.61 Å². The number of nitrogens with zero attached hydrogens (tertiary/aromatic N) is 1. The molecule has 1 aromatic carbocycles. The molecule has 5 heteroatoms. The van der Waals surface area contributed by atoms with Crippen LogP contribution in [0.15, 0.2) is 59.0 Å². The molecule has 2 heterocycles. The van der Waals surface area contributed by atoms with Crippen LogP contribution in [-0.2, 0) is 10.2 Å². The number of carbonyl (C=O) groups is 1. The minimum absolute atomic E-state index is 0.323. The Hall–Kier alpha value is -2.82. The normalized spacial score (nSPS) is 23.5. The number of allylic oxidation sites excluding steroid dienone is 4. The molecule has 5 nitrogen and oxygen atoms in total. The van der Waals surface area contributed by atoms with Crippen molar-refractivity contribution in [2.45, 2.75) is 70.1 Å². The van der Waals surface area contributed by atoms with Crippen LogP contribution in [-0.4, -0.2) is 18.5 Å². The molecule has 1 saturated carbocycles. The summed E-state index contributed by atoms with van der Waals surface area (Å²) in [5.41, 5.74) is 3.06. The molecule has 2 unspecified atom stereocenters. The van der Waals surface area contributed by atoms with Crippen LogP contribution in [0.2, 0.25) is 0 Å². The number of benzene rings is 1. The Labute approximate surface area is 189 Å². The fourth-order valence-electron chi connectivity index (χ4n) is 5.23. The molecular formula is C27H31NO4. The summed E-state index contributed by atoms with van der Waals surface area (Å²) in [5.74, 6) is 2.24. The summed E-state index contributed by atoms with van der Waals surface area (Å²) in [6, 6.07) is 5.76. The first-order valence-corrected chi connectivity index (χ1v) is 12.1. The van der Waals surface area contributed by atoms with Crippen LogP contribution >= 0.6 is 0 Å². The molecule has 4 aliphatic rings. The van der Waals surface area contributed by atoms with E-state index in [2.05, 4.69) is 24.1 Å². The van der Waals surface area contributed by atoms with Crippen LogP contribution in [0, 0.1) is 5.92 Å². The van der Waals surface area contributed by atoms with Gasteiger partial charge in [-0.1, -0.05) is 76.2 Å². The van der Waals surface area contributed by atoms with Crippen molar-refractivity contribution < 1.29 is 19.0 Å². The molecule has 168 valence electrons. The largest absolute Gasteiger partial charge is 0.513 e. The van der Waals surface area contributed by atoms with Crippen molar-refractivity contribution in [2.24, 2.45) is 10.9 Å². The van der Waals surface area contributed by atoms with Crippen LogP contribution in [0.5, 0.6) is 11.5 Å². The number of fused-ring (bicyclic) bond motifs is 2. The molecule has 0 radical (unpaired) electrons. The first kappa shape index (κ1) is 21.0. The average Bonchev–Trinajstić information content (AvgIpc) is 3.52. The van der Waals surface area contributed by atoms with Crippen LogP contribution in [0.25, 0.3) is 0 Å². The van der Waals surface area contributed by atoms with Gasteiger partial charge in [0.25, 0.3) is 0 Å². The molecule has 2 atom stereocenters. The Morgan fingerprint density at radius 3 is 2.81 bits per heavy atom. The second kappa shape index (κ2) is 8.97. The van der Waals surface area contributed by atoms with Gasteiger partial charge >= 0.3 is 6.16 Å². The van der Waals surface area contributed by atoms with E-state index >= 15 is 0 Å². The summed E-state index contributed by atoms with van der Waals surface area (Å²) < 4.78 is 17.2. The van der Waals surface area contributed by atoms with Gasteiger partial charge in [0.2, 0.25) is 0 Å². The number of aliphatic imine (C=N–C) groups is 1. The lowest BCUT2D eigenvalue weighted by molar-refractivity contribution is 0.0963. The second-order valence-corrected chi connectivity index (χ2v) is 9.07. The molecule has 1 fully saturated rings. The third-order valence-corrected chi connectivity index (χ3v) is 6.94. The third kappa shape index (κ3) is 3.68. The highest BCUT2D eigenvalue weighted by Gasteiger charge is 2.62. The molecular weight excluding hydrogens is 402 g/mol. The van der Waals surface area contributed by atoms with Crippen molar-refractivity contribution in [1.82, 2.24) is 0 Å². The van der Waals surface area contributed by atoms with Crippen molar-refractivity contribution in [3.05, 3.63) is 59.5 Å². The maximum atomic E-state index is 12.3. The highest BCUT2D eigenvalue weighted by molar-refractivity contribution is 6.06. The van der Waals surface area contributed by atoms with E-state index in [0.29, 0.717) is 24.0 Å². The van der Waals surface area contributed by atoms with Gasteiger partial charge in [-0.15, -0.1) is 0 Å². The summed E-state index contributed by atoms with van der Waals surface area (Å²) >= 11 is 0. The molecule has 2 aliphatic carbocycles. The van der Waals surface area contributed by atoms with E-state index in [1.54, 1.807) is 6.07 Å². The zero-order chi connectivity index (χ0) is 22.0. The van der Waals surface area contributed by atoms with E-state index in [1.165, 1.54) is 44.2 Å². The number of carbonyl (C=O) groups excluding carboxylic acids is 1. The topological polar surface area (TPSA) is 57.1 Å². The standard InChI is InChI=1S/C27H31NO4/c1-2-3-4-5-6-7-8-9-16-30-26(29)31-23-14-11-13-20-25(23)32-24-15-10-12-19-18-28-22-17-21(22)27(19,20)24/h10-15,18,21H,2-9,16-17H2,1H3. The highest BCUT2D eigenvalue weighted by Crippen LogP contribution is 2.64. The van der Waals surface area contributed by atoms with Gasteiger partial charge in [-0.05, 0) is 30.6 Å². The molecule has 32 heavy (non-hydrogen) atoms. The van der Waals surface area contributed by atoms with Gasteiger partial charge in [0, 0.05) is 23.4 Å². The molecule has 0 bridgehead atoms. The Morgan fingerprint density at radius 1 is 1.16 bits per heavy atom. The van der Waals surface area contributed by atoms with E-state index in [-0.39, 0.29) is 5.41 Å². The Bertz CT molecular complexity index is 1020. The second-order valence-electron chi connectivity index (χ2n) is 9.07. The van der Waals surface area contributed by atoms with Gasteiger partial charge in [0.1, 0.15) is 5.76 Å². The van der Waals surface area contributed by atoms with E-state index in [9.17, 15) is 4.79 Å². The van der Waals surface area contributed by atoms with Crippen LogP contribution in [0.4, 0.5) is 4.79 Å². The third-order valence-electron chi connectivity index (χ3n) is 6.94. The molecule has 1 aromatic rings. The van der Waals surface area contributed by atoms with Crippen LogP contribution < -0.4 is 9.47 Å². The Morgan fingerprint density at radius 2 is 1.97 bits per heavy atom. The molecule has 0 amide bonds. The smallest absolute Gasteiger partial charge is 0.456 e.